The van der Waals surface area contributed by atoms with Gasteiger partial charge >= 0.3 is 0 Å². The van der Waals surface area contributed by atoms with Gasteiger partial charge in [0.25, 0.3) is 0 Å². The second-order valence-electron chi connectivity index (χ2n) is 4.08. The van der Waals surface area contributed by atoms with E-state index in [1.165, 1.54) is 25.7 Å². The van der Waals surface area contributed by atoms with Gasteiger partial charge in [-0.05, 0) is 44.4 Å². The highest BCUT2D eigenvalue weighted by atomic mass is 14.8. The molecule has 0 aliphatic heterocycles. The number of nitrogens with two attached hydrogens (primary N) is 1. The van der Waals surface area contributed by atoms with E-state index in [2.05, 4.69) is 6.92 Å². The summed E-state index contributed by atoms with van der Waals surface area (Å²) in [5.74, 6) is 1.93. The quantitative estimate of drug-likeness (QED) is 0.522. The SMILES string of the molecule is C[C@@]1(N)CCC2CC1C2. The molecule has 0 unspecified atom stereocenters. The van der Waals surface area contributed by atoms with Crippen molar-refractivity contribution in [1.29, 1.82) is 0 Å². The Labute approximate surface area is 56.6 Å². The minimum Gasteiger partial charge on any atom is -0.325 e. The third-order valence-electron chi connectivity index (χ3n) is 3.26. The summed E-state index contributed by atoms with van der Waals surface area (Å²) in [7, 11) is 0. The lowest BCUT2D eigenvalue weighted by molar-refractivity contribution is 0.0368. The molecule has 52 valence electrons. The second kappa shape index (κ2) is 1.51. The van der Waals surface area contributed by atoms with Gasteiger partial charge in [-0.15, -0.1) is 0 Å². The van der Waals surface area contributed by atoms with Gasteiger partial charge in [0, 0.05) is 5.54 Å². The van der Waals surface area contributed by atoms with E-state index in [0.29, 0.717) is 0 Å². The molecule has 0 aromatic heterocycles. The van der Waals surface area contributed by atoms with Gasteiger partial charge in [-0.25, -0.2) is 0 Å². The maximum atomic E-state index is 6.06. The lowest BCUT2D eigenvalue weighted by Crippen LogP contribution is -2.54. The summed E-state index contributed by atoms with van der Waals surface area (Å²) < 4.78 is 0. The Hall–Kier alpha value is -0.0400. The third kappa shape index (κ3) is 0.710. The molecule has 3 fully saturated rings. The summed E-state index contributed by atoms with van der Waals surface area (Å²) in [6, 6.07) is 0. The van der Waals surface area contributed by atoms with Crippen LogP contribution in [-0.4, -0.2) is 5.54 Å². The molecule has 2 bridgehead atoms. The summed E-state index contributed by atoms with van der Waals surface area (Å²) >= 11 is 0. The molecule has 3 aliphatic carbocycles. The van der Waals surface area contributed by atoms with Crippen LogP contribution >= 0.6 is 0 Å². The number of hydrogen-bond acceptors (Lipinski definition) is 1. The van der Waals surface area contributed by atoms with Crippen LogP contribution in [0.3, 0.4) is 0 Å². The highest BCUT2D eigenvalue weighted by Crippen LogP contribution is 2.49. The van der Waals surface area contributed by atoms with Crippen LogP contribution < -0.4 is 5.73 Å². The van der Waals surface area contributed by atoms with Gasteiger partial charge in [-0.3, -0.25) is 0 Å². The highest BCUT2D eigenvalue weighted by molar-refractivity contribution is 5.00. The molecule has 3 aliphatic rings. The average Bonchev–Trinajstić information content (AvgIpc) is 1.58. The number of fused-ring (bicyclic) bond motifs is 2. The van der Waals surface area contributed by atoms with Gasteiger partial charge in [0.1, 0.15) is 0 Å². The van der Waals surface area contributed by atoms with E-state index in [1.807, 2.05) is 0 Å². The molecule has 0 aromatic rings. The summed E-state index contributed by atoms with van der Waals surface area (Å²) in [5.41, 5.74) is 6.26. The monoisotopic (exact) mass is 125 g/mol. The molecule has 0 saturated heterocycles. The van der Waals surface area contributed by atoms with Crippen molar-refractivity contribution < 1.29 is 0 Å². The van der Waals surface area contributed by atoms with Crippen LogP contribution in [0.5, 0.6) is 0 Å². The summed E-state index contributed by atoms with van der Waals surface area (Å²) in [4.78, 5) is 0. The second-order valence-corrected chi connectivity index (χ2v) is 4.08. The number of rotatable bonds is 0. The fourth-order valence-corrected chi connectivity index (χ4v) is 2.23. The lowest BCUT2D eigenvalue weighted by atomic mass is 9.57. The van der Waals surface area contributed by atoms with Crippen molar-refractivity contribution >= 4 is 0 Å². The maximum Gasteiger partial charge on any atom is 0.0154 e. The molecule has 0 amide bonds. The van der Waals surface area contributed by atoms with E-state index in [4.69, 9.17) is 5.73 Å². The Bertz CT molecular complexity index is 120. The van der Waals surface area contributed by atoms with Gasteiger partial charge in [0.05, 0.1) is 0 Å². The standard InChI is InChI=1S/C8H15N/c1-8(9)3-2-6-4-7(8)5-6/h6-7H,2-5,9H2,1H3/t6?,7?,8-/m1/s1. The van der Waals surface area contributed by atoms with Gasteiger partial charge in [-0.1, -0.05) is 0 Å². The molecule has 2 N–H and O–H groups in total. The van der Waals surface area contributed by atoms with Crippen LogP contribution in [-0.2, 0) is 0 Å². The van der Waals surface area contributed by atoms with Gasteiger partial charge < -0.3 is 5.73 Å². The zero-order valence-electron chi connectivity index (χ0n) is 6.06. The van der Waals surface area contributed by atoms with Crippen molar-refractivity contribution in [3.05, 3.63) is 0 Å². The molecule has 9 heavy (non-hydrogen) atoms. The first-order valence-corrected chi connectivity index (χ1v) is 3.97. The smallest absolute Gasteiger partial charge is 0.0154 e. The largest absolute Gasteiger partial charge is 0.325 e. The first-order chi connectivity index (χ1) is 4.18. The van der Waals surface area contributed by atoms with Gasteiger partial charge in [-0.2, -0.15) is 0 Å². The highest BCUT2D eigenvalue weighted by Gasteiger charge is 2.44. The molecule has 0 spiro atoms. The van der Waals surface area contributed by atoms with Crippen molar-refractivity contribution in [3.8, 4) is 0 Å². The molecule has 0 radical (unpaired) electrons. The van der Waals surface area contributed by atoms with Crippen molar-refractivity contribution in [2.45, 2.75) is 38.1 Å². The van der Waals surface area contributed by atoms with Crippen molar-refractivity contribution in [2.75, 3.05) is 0 Å². The maximum absolute atomic E-state index is 6.06. The molecule has 1 heteroatoms. The first kappa shape index (κ1) is 5.72. The molecular formula is C8H15N. The first-order valence-electron chi connectivity index (χ1n) is 3.97. The summed E-state index contributed by atoms with van der Waals surface area (Å²) in [6.07, 6.45) is 5.51. The fraction of sp³-hybridized carbons (Fsp3) is 1.00. The Morgan fingerprint density at radius 1 is 1.44 bits per heavy atom. The van der Waals surface area contributed by atoms with Gasteiger partial charge in [0.15, 0.2) is 0 Å². The molecule has 0 heterocycles. The van der Waals surface area contributed by atoms with Crippen LogP contribution in [0.15, 0.2) is 0 Å². The molecule has 1 nitrogen and oxygen atoms in total. The molecule has 1 atom stereocenters. The van der Waals surface area contributed by atoms with E-state index in [-0.39, 0.29) is 5.54 Å². The summed E-state index contributed by atoms with van der Waals surface area (Å²) in [5, 5.41) is 0. The van der Waals surface area contributed by atoms with Crippen molar-refractivity contribution in [2.24, 2.45) is 17.6 Å². The lowest BCUT2D eigenvalue weighted by Gasteiger charge is -2.51. The van der Waals surface area contributed by atoms with E-state index < -0.39 is 0 Å². The molecule has 3 rings (SSSR count). The van der Waals surface area contributed by atoms with E-state index in [9.17, 15) is 0 Å². The Morgan fingerprint density at radius 3 is 2.33 bits per heavy atom. The molecular weight excluding hydrogens is 110 g/mol. The fourth-order valence-electron chi connectivity index (χ4n) is 2.23. The van der Waals surface area contributed by atoms with E-state index in [1.54, 1.807) is 0 Å². The topological polar surface area (TPSA) is 26.0 Å². The zero-order valence-corrected chi connectivity index (χ0v) is 6.06. The summed E-state index contributed by atoms with van der Waals surface area (Å²) in [6.45, 7) is 2.22. The predicted octanol–water partition coefficient (Wildman–Crippen LogP) is 1.52. The van der Waals surface area contributed by atoms with E-state index >= 15 is 0 Å². The average molecular weight is 125 g/mol. The zero-order chi connectivity index (χ0) is 6.48. The van der Waals surface area contributed by atoms with Crippen LogP contribution in [0.25, 0.3) is 0 Å². The van der Waals surface area contributed by atoms with Crippen LogP contribution in [0, 0.1) is 11.8 Å². The minimum absolute atomic E-state index is 0.203. The van der Waals surface area contributed by atoms with Crippen LogP contribution in [0.1, 0.15) is 32.6 Å². The minimum atomic E-state index is 0.203. The van der Waals surface area contributed by atoms with E-state index in [0.717, 1.165) is 11.8 Å². The third-order valence-corrected chi connectivity index (χ3v) is 3.26. The van der Waals surface area contributed by atoms with Gasteiger partial charge in [0.2, 0.25) is 0 Å². The van der Waals surface area contributed by atoms with Crippen LogP contribution in [0.2, 0.25) is 0 Å². The molecule has 3 saturated carbocycles. The normalized spacial score (nSPS) is 56.7. The van der Waals surface area contributed by atoms with Crippen molar-refractivity contribution in [3.63, 3.8) is 0 Å². The van der Waals surface area contributed by atoms with Crippen molar-refractivity contribution in [1.82, 2.24) is 0 Å². The number of hydrogen-bond donors (Lipinski definition) is 1. The predicted molar refractivity (Wildman–Crippen MR) is 38.0 cm³/mol. The molecule has 0 aromatic carbocycles. The Balaban J connectivity index is 2.10. The van der Waals surface area contributed by atoms with Crippen LogP contribution in [0.4, 0.5) is 0 Å². The Morgan fingerprint density at radius 2 is 2.11 bits per heavy atom. The Kier molecular flexibility index (Phi) is 0.963.